The molecular weight excluding hydrogens is 364 g/mol. The summed E-state index contributed by atoms with van der Waals surface area (Å²) in [5.74, 6) is -1.66. The van der Waals surface area contributed by atoms with Gasteiger partial charge in [-0.2, -0.15) is 0 Å². The van der Waals surface area contributed by atoms with Gasteiger partial charge in [-0.25, -0.2) is 4.79 Å². The van der Waals surface area contributed by atoms with E-state index in [1.54, 1.807) is 27.7 Å². The van der Waals surface area contributed by atoms with Crippen LogP contribution in [0.4, 0.5) is 4.79 Å². The van der Waals surface area contributed by atoms with E-state index < -0.39 is 23.7 Å². The first-order valence-electron chi connectivity index (χ1n) is 9.85. The van der Waals surface area contributed by atoms with E-state index >= 15 is 0 Å². The molecule has 0 unspecified atom stereocenters. The SMILES string of the molecule is CC(C)[C@H](C)C(=O)N[C@@H](CCCCNC(=O)OC(C)(C)C)C(=O)CCC(=O)O. The van der Waals surface area contributed by atoms with Crippen LogP contribution in [0.3, 0.4) is 0 Å². The molecule has 0 rings (SSSR count). The number of carbonyl (C=O) groups excluding carboxylic acids is 3. The maximum absolute atomic E-state index is 12.3. The molecule has 0 fully saturated rings. The van der Waals surface area contributed by atoms with Gasteiger partial charge in [0.1, 0.15) is 5.60 Å². The smallest absolute Gasteiger partial charge is 0.407 e. The first-order chi connectivity index (χ1) is 12.8. The molecule has 0 aliphatic carbocycles. The molecule has 28 heavy (non-hydrogen) atoms. The summed E-state index contributed by atoms with van der Waals surface area (Å²) in [6.45, 7) is 11.4. The summed E-state index contributed by atoms with van der Waals surface area (Å²) < 4.78 is 5.14. The van der Waals surface area contributed by atoms with Gasteiger partial charge in [0.15, 0.2) is 5.78 Å². The highest BCUT2D eigenvalue weighted by atomic mass is 16.6. The van der Waals surface area contributed by atoms with Crippen LogP contribution >= 0.6 is 0 Å². The van der Waals surface area contributed by atoms with Gasteiger partial charge in [0.05, 0.1) is 12.5 Å². The number of hydrogen-bond acceptors (Lipinski definition) is 5. The zero-order valence-corrected chi connectivity index (χ0v) is 18.0. The molecule has 0 spiro atoms. The molecule has 0 aromatic heterocycles. The van der Waals surface area contributed by atoms with Crippen molar-refractivity contribution in [3.8, 4) is 0 Å². The predicted molar refractivity (Wildman–Crippen MR) is 106 cm³/mol. The molecule has 0 aliphatic rings. The molecule has 8 heteroatoms. The van der Waals surface area contributed by atoms with Crippen LogP contribution in [0.25, 0.3) is 0 Å². The number of Topliss-reactive ketones (excluding diaryl/α,β-unsaturated/α-hetero) is 1. The van der Waals surface area contributed by atoms with E-state index in [-0.39, 0.29) is 36.4 Å². The number of ketones is 1. The Morgan fingerprint density at radius 1 is 1.00 bits per heavy atom. The Hall–Kier alpha value is -2.12. The van der Waals surface area contributed by atoms with Crippen LogP contribution in [0, 0.1) is 11.8 Å². The number of ether oxygens (including phenoxy) is 1. The van der Waals surface area contributed by atoms with E-state index in [2.05, 4.69) is 10.6 Å². The van der Waals surface area contributed by atoms with Crippen LogP contribution in [0.15, 0.2) is 0 Å². The summed E-state index contributed by atoms with van der Waals surface area (Å²) in [7, 11) is 0. The number of amides is 2. The predicted octanol–water partition coefficient (Wildman–Crippen LogP) is 2.89. The summed E-state index contributed by atoms with van der Waals surface area (Å²) in [5.41, 5.74) is -0.566. The first kappa shape index (κ1) is 25.9. The number of unbranched alkanes of at least 4 members (excludes halogenated alkanes) is 1. The van der Waals surface area contributed by atoms with Crippen molar-refractivity contribution in [1.82, 2.24) is 10.6 Å². The second-order valence-electron chi connectivity index (χ2n) is 8.38. The van der Waals surface area contributed by atoms with Gasteiger partial charge in [-0.1, -0.05) is 20.8 Å². The second kappa shape index (κ2) is 12.4. The Bertz CT molecular complexity index is 539. The number of carbonyl (C=O) groups is 4. The summed E-state index contributed by atoms with van der Waals surface area (Å²) >= 11 is 0. The van der Waals surface area contributed by atoms with Crippen molar-refractivity contribution in [3.63, 3.8) is 0 Å². The summed E-state index contributed by atoms with van der Waals surface area (Å²) in [4.78, 5) is 46.9. The van der Waals surface area contributed by atoms with Crippen LogP contribution in [0.2, 0.25) is 0 Å². The van der Waals surface area contributed by atoms with E-state index in [1.807, 2.05) is 13.8 Å². The third kappa shape index (κ3) is 12.3. The van der Waals surface area contributed by atoms with Gasteiger partial charge in [-0.05, 0) is 46.0 Å². The lowest BCUT2D eigenvalue weighted by Gasteiger charge is -2.22. The van der Waals surface area contributed by atoms with Gasteiger partial charge in [0.25, 0.3) is 0 Å². The average molecular weight is 401 g/mol. The molecule has 0 saturated carbocycles. The highest BCUT2D eigenvalue weighted by Gasteiger charge is 2.24. The fraction of sp³-hybridized carbons (Fsp3) is 0.800. The molecule has 3 N–H and O–H groups in total. The van der Waals surface area contributed by atoms with Crippen molar-refractivity contribution >= 4 is 23.8 Å². The van der Waals surface area contributed by atoms with Crippen LogP contribution in [-0.4, -0.2) is 47.0 Å². The normalized spacial score (nSPS) is 13.5. The van der Waals surface area contributed by atoms with Crippen molar-refractivity contribution < 1.29 is 29.0 Å². The molecule has 8 nitrogen and oxygen atoms in total. The quantitative estimate of drug-likeness (QED) is 0.433. The van der Waals surface area contributed by atoms with Gasteiger partial charge in [0.2, 0.25) is 5.91 Å². The molecular formula is C20H36N2O6. The molecule has 0 aromatic rings. The molecule has 2 amide bonds. The van der Waals surface area contributed by atoms with Crippen molar-refractivity contribution in [1.29, 1.82) is 0 Å². The average Bonchev–Trinajstić information content (AvgIpc) is 2.55. The van der Waals surface area contributed by atoms with Crippen LogP contribution in [0.5, 0.6) is 0 Å². The number of hydrogen-bond donors (Lipinski definition) is 3. The lowest BCUT2D eigenvalue weighted by Crippen LogP contribution is -2.44. The Labute approximate surface area is 167 Å². The van der Waals surface area contributed by atoms with Gasteiger partial charge >= 0.3 is 12.1 Å². The Morgan fingerprint density at radius 3 is 2.11 bits per heavy atom. The maximum Gasteiger partial charge on any atom is 0.407 e. The van der Waals surface area contributed by atoms with Gasteiger partial charge in [0, 0.05) is 18.9 Å². The second-order valence-corrected chi connectivity index (χ2v) is 8.38. The lowest BCUT2D eigenvalue weighted by atomic mass is 9.95. The first-order valence-corrected chi connectivity index (χ1v) is 9.85. The van der Waals surface area contributed by atoms with Crippen LogP contribution in [-0.2, 0) is 19.1 Å². The van der Waals surface area contributed by atoms with E-state index in [1.165, 1.54) is 0 Å². The summed E-state index contributed by atoms with van der Waals surface area (Å²) in [5, 5.41) is 14.2. The minimum atomic E-state index is -1.05. The van der Waals surface area contributed by atoms with E-state index in [9.17, 15) is 19.2 Å². The Kier molecular flexibility index (Phi) is 11.4. The zero-order chi connectivity index (χ0) is 21.9. The zero-order valence-electron chi connectivity index (χ0n) is 18.0. The number of nitrogens with one attached hydrogen (secondary N) is 2. The summed E-state index contributed by atoms with van der Waals surface area (Å²) in [6.07, 6.45) is 0.719. The van der Waals surface area contributed by atoms with Crippen molar-refractivity contribution in [2.75, 3.05) is 6.54 Å². The molecule has 0 aromatic carbocycles. The van der Waals surface area contributed by atoms with Crippen LogP contribution in [0.1, 0.15) is 73.6 Å². The largest absolute Gasteiger partial charge is 0.481 e. The molecule has 0 heterocycles. The van der Waals surface area contributed by atoms with E-state index in [4.69, 9.17) is 9.84 Å². The minimum Gasteiger partial charge on any atom is -0.481 e. The molecule has 162 valence electrons. The topological polar surface area (TPSA) is 122 Å². The van der Waals surface area contributed by atoms with Crippen molar-refractivity contribution in [2.24, 2.45) is 11.8 Å². The Morgan fingerprint density at radius 2 is 1.61 bits per heavy atom. The van der Waals surface area contributed by atoms with Gasteiger partial charge < -0.3 is 20.5 Å². The number of aliphatic carboxylic acids is 1. The van der Waals surface area contributed by atoms with E-state index in [0.717, 1.165) is 0 Å². The Balaban J connectivity index is 4.56. The number of rotatable bonds is 12. The fourth-order valence-corrected chi connectivity index (χ4v) is 2.30. The highest BCUT2D eigenvalue weighted by Crippen LogP contribution is 2.12. The third-order valence-corrected chi connectivity index (χ3v) is 4.29. The number of carboxylic acids is 1. The standard InChI is InChI=1S/C20H36N2O6/c1-13(2)14(3)18(26)22-15(16(23)10-11-17(24)25)9-7-8-12-21-19(27)28-20(4,5)6/h13-15H,7-12H2,1-6H3,(H,21,27)(H,22,26)(H,24,25)/t14-,15-/m0/s1. The molecule has 0 saturated heterocycles. The third-order valence-electron chi connectivity index (χ3n) is 4.29. The number of carboxylic acid groups (broad SMARTS) is 1. The summed E-state index contributed by atoms with van der Waals surface area (Å²) in [6, 6.07) is -0.713. The van der Waals surface area contributed by atoms with E-state index in [0.29, 0.717) is 25.8 Å². The minimum absolute atomic E-state index is 0.119. The van der Waals surface area contributed by atoms with Crippen LogP contribution < -0.4 is 10.6 Å². The molecule has 0 radical (unpaired) electrons. The van der Waals surface area contributed by atoms with Gasteiger partial charge in [-0.3, -0.25) is 14.4 Å². The molecule has 2 atom stereocenters. The molecule has 0 bridgehead atoms. The van der Waals surface area contributed by atoms with Crippen molar-refractivity contribution in [2.45, 2.75) is 85.3 Å². The van der Waals surface area contributed by atoms with Crippen molar-refractivity contribution in [3.05, 3.63) is 0 Å². The molecule has 0 aliphatic heterocycles. The fourth-order valence-electron chi connectivity index (χ4n) is 2.30. The lowest BCUT2D eigenvalue weighted by molar-refractivity contribution is -0.139. The maximum atomic E-state index is 12.3. The van der Waals surface area contributed by atoms with Gasteiger partial charge in [-0.15, -0.1) is 0 Å². The number of alkyl carbamates (subject to hydrolysis) is 1. The highest BCUT2D eigenvalue weighted by molar-refractivity contribution is 5.91. The monoisotopic (exact) mass is 400 g/mol.